The van der Waals surface area contributed by atoms with E-state index in [0.717, 1.165) is 0 Å². The monoisotopic (exact) mass is 194 g/mol. The first-order valence-electron chi connectivity index (χ1n) is 3.57. The summed E-state index contributed by atoms with van der Waals surface area (Å²) in [5.41, 5.74) is 0. The highest BCUT2D eigenvalue weighted by atomic mass is 35.7. The first-order chi connectivity index (χ1) is 5.02. The average molecular weight is 195 g/mol. The van der Waals surface area contributed by atoms with Gasteiger partial charge >= 0.3 is 0 Å². The van der Waals surface area contributed by atoms with E-state index in [1.807, 2.05) is 19.1 Å². The highest BCUT2D eigenvalue weighted by Gasteiger charge is 2.52. The summed E-state index contributed by atoms with van der Waals surface area (Å²) in [5, 5.41) is 0. The summed E-state index contributed by atoms with van der Waals surface area (Å²) < 4.78 is 21.3. The molecule has 0 aromatic carbocycles. The van der Waals surface area contributed by atoms with Crippen molar-refractivity contribution in [3.8, 4) is 0 Å². The fraction of sp³-hybridized carbons (Fsp3) is 0.714. The van der Waals surface area contributed by atoms with Crippen LogP contribution in [0.1, 0.15) is 26.2 Å². The number of hydrogen-bond acceptors (Lipinski definition) is 2. The lowest BCUT2D eigenvalue weighted by atomic mass is 10.3. The van der Waals surface area contributed by atoms with Crippen LogP contribution in [0, 0.1) is 0 Å². The molecular formula is C7H11ClO2S. The van der Waals surface area contributed by atoms with Crippen LogP contribution in [0.5, 0.6) is 0 Å². The minimum Gasteiger partial charge on any atom is -0.212 e. The molecule has 64 valence electrons. The molecule has 0 unspecified atom stereocenters. The maximum Gasteiger partial charge on any atom is 0.238 e. The highest BCUT2D eigenvalue weighted by molar-refractivity contribution is 8.15. The second kappa shape index (κ2) is 2.79. The molecule has 0 spiro atoms. The molecule has 0 aliphatic heterocycles. The van der Waals surface area contributed by atoms with Crippen LogP contribution in [0.15, 0.2) is 12.2 Å². The van der Waals surface area contributed by atoms with Crippen LogP contribution in [0.4, 0.5) is 0 Å². The van der Waals surface area contributed by atoms with Gasteiger partial charge in [-0.2, -0.15) is 0 Å². The van der Waals surface area contributed by atoms with E-state index in [4.69, 9.17) is 10.7 Å². The predicted molar refractivity (Wildman–Crippen MR) is 46.2 cm³/mol. The zero-order valence-corrected chi connectivity index (χ0v) is 7.95. The van der Waals surface area contributed by atoms with Crippen molar-refractivity contribution in [2.24, 2.45) is 0 Å². The summed E-state index contributed by atoms with van der Waals surface area (Å²) in [4.78, 5) is 0. The van der Waals surface area contributed by atoms with Crippen molar-refractivity contribution < 1.29 is 8.42 Å². The lowest BCUT2D eigenvalue weighted by molar-refractivity contribution is 0.591. The standard InChI is InChI=1S/C7H11ClO2S/c1-2-3-4-7(5-6-7)11(8,9)10/h2-3H,4-6H2,1H3/b3-2+. The van der Waals surface area contributed by atoms with Crippen LogP contribution in [-0.2, 0) is 9.05 Å². The molecule has 0 saturated heterocycles. The SMILES string of the molecule is C/C=C/CC1(S(=O)(=O)Cl)CC1. The van der Waals surface area contributed by atoms with Crippen molar-refractivity contribution in [1.82, 2.24) is 0 Å². The molecule has 0 heterocycles. The van der Waals surface area contributed by atoms with Crippen molar-refractivity contribution >= 4 is 19.7 Å². The van der Waals surface area contributed by atoms with Gasteiger partial charge in [0.2, 0.25) is 9.05 Å². The molecule has 0 bridgehead atoms. The lowest BCUT2D eigenvalue weighted by Crippen LogP contribution is -2.16. The number of allylic oxidation sites excluding steroid dienone is 2. The Balaban J connectivity index is 2.70. The van der Waals surface area contributed by atoms with Crippen LogP contribution in [0.25, 0.3) is 0 Å². The van der Waals surface area contributed by atoms with Gasteiger partial charge in [0.05, 0.1) is 4.75 Å². The Bertz CT molecular complexity index is 262. The summed E-state index contributed by atoms with van der Waals surface area (Å²) >= 11 is 0. The molecule has 0 atom stereocenters. The van der Waals surface area contributed by atoms with E-state index in [9.17, 15) is 8.42 Å². The fourth-order valence-electron chi connectivity index (χ4n) is 1.02. The van der Waals surface area contributed by atoms with E-state index in [1.165, 1.54) is 0 Å². The lowest BCUT2D eigenvalue weighted by Gasteiger charge is -2.06. The van der Waals surface area contributed by atoms with Crippen molar-refractivity contribution in [3.05, 3.63) is 12.2 Å². The van der Waals surface area contributed by atoms with Gasteiger partial charge in [-0.05, 0) is 26.2 Å². The Morgan fingerprint density at radius 1 is 1.55 bits per heavy atom. The molecule has 11 heavy (non-hydrogen) atoms. The zero-order valence-electron chi connectivity index (χ0n) is 6.38. The van der Waals surface area contributed by atoms with Crippen molar-refractivity contribution in [1.29, 1.82) is 0 Å². The molecule has 0 amide bonds. The van der Waals surface area contributed by atoms with Gasteiger partial charge in [0.15, 0.2) is 0 Å². The van der Waals surface area contributed by atoms with Crippen molar-refractivity contribution in [2.75, 3.05) is 0 Å². The molecule has 0 radical (unpaired) electrons. The van der Waals surface area contributed by atoms with Gasteiger partial charge < -0.3 is 0 Å². The molecule has 1 saturated carbocycles. The minimum absolute atomic E-state index is 0.565. The summed E-state index contributed by atoms with van der Waals surface area (Å²) in [6.07, 6.45) is 5.69. The molecular weight excluding hydrogens is 184 g/mol. The molecule has 1 aliphatic rings. The van der Waals surface area contributed by atoms with Crippen LogP contribution in [-0.4, -0.2) is 13.2 Å². The van der Waals surface area contributed by atoms with E-state index in [2.05, 4.69) is 0 Å². The molecule has 1 rings (SSSR count). The quantitative estimate of drug-likeness (QED) is 0.509. The summed E-state index contributed by atoms with van der Waals surface area (Å²) in [5.74, 6) is 0. The Kier molecular flexibility index (Phi) is 2.30. The Labute approximate surface area is 71.7 Å². The maximum atomic E-state index is 11.0. The first-order valence-corrected chi connectivity index (χ1v) is 5.88. The number of halogens is 1. The van der Waals surface area contributed by atoms with Crippen LogP contribution < -0.4 is 0 Å². The third-order valence-corrected chi connectivity index (χ3v) is 4.64. The average Bonchev–Trinajstić information content (AvgIpc) is 2.61. The Hall–Kier alpha value is -0.0200. The molecule has 0 aromatic heterocycles. The fourth-order valence-corrected chi connectivity index (χ4v) is 2.56. The minimum atomic E-state index is -3.34. The third-order valence-electron chi connectivity index (χ3n) is 2.05. The number of hydrogen-bond donors (Lipinski definition) is 0. The van der Waals surface area contributed by atoms with Crippen LogP contribution in [0.2, 0.25) is 0 Å². The van der Waals surface area contributed by atoms with E-state index >= 15 is 0 Å². The van der Waals surface area contributed by atoms with E-state index < -0.39 is 13.8 Å². The molecule has 1 aliphatic carbocycles. The van der Waals surface area contributed by atoms with E-state index in [0.29, 0.717) is 19.3 Å². The van der Waals surface area contributed by atoms with Gasteiger partial charge in [0.25, 0.3) is 0 Å². The Morgan fingerprint density at radius 2 is 2.09 bits per heavy atom. The smallest absolute Gasteiger partial charge is 0.212 e. The van der Waals surface area contributed by atoms with E-state index in [1.54, 1.807) is 0 Å². The third kappa shape index (κ3) is 1.76. The van der Waals surface area contributed by atoms with Crippen molar-refractivity contribution in [2.45, 2.75) is 30.9 Å². The molecule has 1 fully saturated rings. The van der Waals surface area contributed by atoms with Gasteiger partial charge in [-0.15, -0.1) is 0 Å². The summed E-state index contributed by atoms with van der Waals surface area (Å²) in [6, 6.07) is 0. The van der Waals surface area contributed by atoms with Crippen LogP contribution >= 0.6 is 10.7 Å². The molecule has 0 N–H and O–H groups in total. The van der Waals surface area contributed by atoms with Crippen molar-refractivity contribution in [3.63, 3.8) is 0 Å². The summed E-state index contributed by atoms with van der Waals surface area (Å²) in [7, 11) is 1.92. The second-order valence-electron chi connectivity index (χ2n) is 2.89. The van der Waals surface area contributed by atoms with Crippen LogP contribution in [0.3, 0.4) is 0 Å². The Morgan fingerprint density at radius 3 is 2.36 bits per heavy atom. The first kappa shape index (κ1) is 9.07. The highest BCUT2D eigenvalue weighted by Crippen LogP contribution is 2.48. The van der Waals surface area contributed by atoms with Gasteiger partial charge in [-0.25, -0.2) is 8.42 Å². The van der Waals surface area contributed by atoms with Gasteiger partial charge in [-0.1, -0.05) is 12.2 Å². The summed E-state index contributed by atoms with van der Waals surface area (Å²) in [6.45, 7) is 1.87. The number of rotatable bonds is 3. The topological polar surface area (TPSA) is 34.1 Å². The maximum absolute atomic E-state index is 11.0. The second-order valence-corrected chi connectivity index (χ2v) is 5.85. The normalized spacial score (nSPS) is 22.4. The van der Waals surface area contributed by atoms with E-state index in [-0.39, 0.29) is 0 Å². The molecule has 0 aromatic rings. The van der Waals surface area contributed by atoms with Gasteiger partial charge in [0, 0.05) is 10.7 Å². The molecule has 4 heteroatoms. The van der Waals surface area contributed by atoms with Gasteiger partial charge in [0.1, 0.15) is 0 Å². The predicted octanol–water partition coefficient (Wildman–Crippen LogP) is 2.05. The molecule has 2 nitrogen and oxygen atoms in total. The zero-order chi connectivity index (χ0) is 8.54. The van der Waals surface area contributed by atoms with Gasteiger partial charge in [-0.3, -0.25) is 0 Å². The largest absolute Gasteiger partial charge is 0.238 e.